The molecule has 0 amide bonds. The van der Waals surface area contributed by atoms with Gasteiger partial charge in [0.1, 0.15) is 11.5 Å². The fraction of sp³-hybridized carbons (Fsp3) is 0.294. The molecule has 7 nitrogen and oxygen atoms in total. The number of nitrogens with zero attached hydrogens (tertiary/aromatic N) is 3. The number of hydrogen-bond acceptors (Lipinski definition) is 7. The predicted octanol–water partition coefficient (Wildman–Crippen LogP) is 8.41. The van der Waals surface area contributed by atoms with Gasteiger partial charge in [0.2, 0.25) is 0 Å². The Kier molecular flexibility index (Phi) is 8.17. The Morgan fingerprint density at radius 1 is 1.09 bits per heavy atom. The Labute approximate surface area is 261 Å². The number of aryl methyl sites for hydroxylation is 3. The number of rotatable bonds is 6. The molecule has 3 aromatic carbocycles. The standard InChI is InChI=1S/C34H33ClN4O3S/c1-19-8-6-7-9-30(19)43-18-22-13-24(21(3)12-20(22)2)31-25(17-36)33(37)38(26-11-10-23(35)14-27(26)39(41)42)28-15-34(4,5)16-29(40)32(28)31/h6-14,31H,15-16,18,37H2,1-5H3. The van der Waals surface area contributed by atoms with Gasteiger partial charge in [-0.05, 0) is 78.6 Å². The van der Waals surface area contributed by atoms with Crippen molar-refractivity contribution < 1.29 is 9.72 Å². The summed E-state index contributed by atoms with van der Waals surface area (Å²) in [6.07, 6.45) is 0.739. The van der Waals surface area contributed by atoms with Crippen LogP contribution in [0.5, 0.6) is 0 Å². The first-order valence-electron chi connectivity index (χ1n) is 14.0. The molecule has 0 aromatic heterocycles. The van der Waals surface area contributed by atoms with Gasteiger partial charge >= 0.3 is 0 Å². The van der Waals surface area contributed by atoms with E-state index in [0.29, 0.717) is 29.9 Å². The molecule has 0 fully saturated rings. The molecule has 0 saturated carbocycles. The monoisotopic (exact) mass is 612 g/mol. The molecule has 0 saturated heterocycles. The first kappa shape index (κ1) is 30.4. The predicted molar refractivity (Wildman–Crippen MR) is 172 cm³/mol. The minimum atomic E-state index is -0.686. The second-order valence-electron chi connectivity index (χ2n) is 12.1. The summed E-state index contributed by atoms with van der Waals surface area (Å²) in [6.45, 7) is 10.1. The van der Waals surface area contributed by atoms with E-state index in [1.54, 1.807) is 17.8 Å². The largest absolute Gasteiger partial charge is 0.384 e. The van der Waals surface area contributed by atoms with E-state index in [0.717, 1.165) is 22.3 Å². The minimum absolute atomic E-state index is 0.0815. The van der Waals surface area contributed by atoms with Crippen LogP contribution in [0.1, 0.15) is 60.4 Å². The smallest absolute Gasteiger partial charge is 0.294 e. The van der Waals surface area contributed by atoms with Gasteiger partial charge in [0, 0.05) is 39.4 Å². The molecule has 0 spiro atoms. The third-order valence-electron chi connectivity index (χ3n) is 8.27. The molecule has 9 heteroatoms. The van der Waals surface area contributed by atoms with Crippen LogP contribution in [0, 0.1) is 47.6 Å². The number of allylic oxidation sites excluding steroid dienone is 3. The van der Waals surface area contributed by atoms with Crippen LogP contribution in [0.25, 0.3) is 0 Å². The van der Waals surface area contributed by atoms with Crippen LogP contribution >= 0.6 is 23.4 Å². The van der Waals surface area contributed by atoms with Gasteiger partial charge in [-0.3, -0.25) is 19.8 Å². The lowest BCUT2D eigenvalue weighted by atomic mass is 9.68. The SMILES string of the molecule is Cc1cc(C)c(C2C(C#N)=C(N)N(c3ccc(Cl)cc3[N+](=O)[O-])C3=C2C(=O)CC(C)(C)C3)cc1CSc1ccccc1C. The molecular weight excluding hydrogens is 580 g/mol. The third kappa shape index (κ3) is 5.67. The van der Waals surface area contributed by atoms with E-state index in [-0.39, 0.29) is 33.6 Å². The van der Waals surface area contributed by atoms with Crippen molar-refractivity contribution in [2.45, 2.75) is 64.0 Å². The summed E-state index contributed by atoms with van der Waals surface area (Å²) in [5.74, 6) is 0.0224. The van der Waals surface area contributed by atoms with Crippen LogP contribution in [0.2, 0.25) is 5.02 Å². The third-order valence-corrected chi connectivity index (χ3v) is 9.73. The number of nitriles is 1. The first-order valence-corrected chi connectivity index (χ1v) is 15.4. The lowest BCUT2D eigenvalue weighted by Gasteiger charge is -2.43. The van der Waals surface area contributed by atoms with Crippen molar-refractivity contribution >= 4 is 40.5 Å². The maximum atomic E-state index is 14.0. The number of thioether (sulfide) groups is 1. The lowest BCUT2D eigenvalue weighted by molar-refractivity contribution is -0.384. The van der Waals surface area contributed by atoms with E-state index < -0.39 is 16.3 Å². The minimum Gasteiger partial charge on any atom is -0.384 e. The summed E-state index contributed by atoms with van der Waals surface area (Å²) in [5.41, 5.74) is 12.8. The number of halogens is 1. The van der Waals surface area contributed by atoms with Gasteiger partial charge in [-0.2, -0.15) is 5.26 Å². The molecule has 1 aliphatic heterocycles. The number of benzene rings is 3. The number of hydrogen-bond donors (Lipinski definition) is 1. The van der Waals surface area contributed by atoms with Crippen molar-refractivity contribution in [3.05, 3.63) is 120 Å². The molecule has 3 aromatic rings. The molecular formula is C34H33ClN4O3S. The highest BCUT2D eigenvalue weighted by Crippen LogP contribution is 2.52. The number of nitrogens with two attached hydrogens (primary N) is 1. The number of ketones is 1. The number of anilines is 1. The molecule has 2 N–H and O–H groups in total. The maximum absolute atomic E-state index is 14.0. The highest BCUT2D eigenvalue weighted by molar-refractivity contribution is 7.98. The molecule has 43 heavy (non-hydrogen) atoms. The van der Waals surface area contributed by atoms with Crippen LogP contribution in [0.4, 0.5) is 11.4 Å². The van der Waals surface area contributed by atoms with Crippen LogP contribution in [-0.4, -0.2) is 10.7 Å². The fourth-order valence-corrected chi connectivity index (χ4v) is 7.44. The van der Waals surface area contributed by atoms with E-state index in [1.165, 1.54) is 27.5 Å². The summed E-state index contributed by atoms with van der Waals surface area (Å²) in [4.78, 5) is 28.4. The van der Waals surface area contributed by atoms with Gasteiger partial charge in [-0.1, -0.05) is 55.8 Å². The highest BCUT2D eigenvalue weighted by Gasteiger charge is 2.46. The molecule has 0 bridgehead atoms. The van der Waals surface area contributed by atoms with E-state index >= 15 is 0 Å². The molecule has 1 unspecified atom stereocenters. The van der Waals surface area contributed by atoms with Gasteiger partial charge in [0.05, 0.1) is 22.5 Å². The zero-order valence-electron chi connectivity index (χ0n) is 24.8. The summed E-state index contributed by atoms with van der Waals surface area (Å²) in [7, 11) is 0. The second kappa shape index (κ2) is 11.6. The highest BCUT2D eigenvalue weighted by atomic mass is 35.5. The Balaban J connectivity index is 1.71. The average Bonchev–Trinajstić information content (AvgIpc) is 2.92. The Hall–Kier alpha value is -4.06. The van der Waals surface area contributed by atoms with E-state index in [1.807, 2.05) is 32.9 Å². The van der Waals surface area contributed by atoms with Gasteiger partial charge in [0.15, 0.2) is 5.78 Å². The molecule has 220 valence electrons. The van der Waals surface area contributed by atoms with Crippen LogP contribution in [0.15, 0.2) is 82.2 Å². The summed E-state index contributed by atoms with van der Waals surface area (Å²) < 4.78 is 0. The summed E-state index contributed by atoms with van der Waals surface area (Å²) >= 11 is 7.88. The first-order chi connectivity index (χ1) is 20.3. The van der Waals surface area contributed by atoms with Gasteiger partial charge in [-0.15, -0.1) is 11.8 Å². The quantitative estimate of drug-likeness (QED) is 0.169. The van der Waals surface area contributed by atoms with Crippen LogP contribution in [0.3, 0.4) is 0 Å². The molecule has 0 radical (unpaired) electrons. The molecule has 2 aliphatic rings. The summed E-state index contributed by atoms with van der Waals surface area (Å²) in [5, 5.41) is 22.9. The Bertz CT molecular complexity index is 1790. The zero-order valence-corrected chi connectivity index (χ0v) is 26.4. The Morgan fingerprint density at radius 2 is 1.81 bits per heavy atom. The van der Waals surface area contributed by atoms with Crippen molar-refractivity contribution in [2.75, 3.05) is 4.90 Å². The number of carbonyl (C=O) groups excluding carboxylic acids is 1. The van der Waals surface area contributed by atoms with Gasteiger partial charge in [-0.25, -0.2) is 0 Å². The van der Waals surface area contributed by atoms with Gasteiger partial charge in [0.25, 0.3) is 5.69 Å². The summed E-state index contributed by atoms with van der Waals surface area (Å²) in [6, 6.07) is 19.1. The molecule has 5 rings (SSSR count). The lowest BCUT2D eigenvalue weighted by Crippen LogP contribution is -2.42. The second-order valence-corrected chi connectivity index (χ2v) is 13.5. The van der Waals surface area contributed by atoms with Gasteiger partial charge < -0.3 is 5.73 Å². The molecule has 1 heterocycles. The van der Waals surface area contributed by atoms with Crippen molar-refractivity contribution in [3.63, 3.8) is 0 Å². The average molecular weight is 613 g/mol. The van der Waals surface area contributed by atoms with Crippen LogP contribution in [-0.2, 0) is 10.5 Å². The van der Waals surface area contributed by atoms with Crippen molar-refractivity contribution in [3.8, 4) is 6.07 Å². The zero-order chi connectivity index (χ0) is 31.2. The fourth-order valence-electron chi connectivity index (χ4n) is 6.18. The van der Waals surface area contributed by atoms with Crippen molar-refractivity contribution in [1.82, 2.24) is 0 Å². The van der Waals surface area contributed by atoms with Crippen LogP contribution < -0.4 is 10.6 Å². The number of carbonyl (C=O) groups is 1. The Morgan fingerprint density at radius 3 is 2.49 bits per heavy atom. The van der Waals surface area contributed by atoms with E-state index in [9.17, 15) is 20.2 Å². The van der Waals surface area contributed by atoms with Crippen molar-refractivity contribution in [1.29, 1.82) is 5.26 Å². The maximum Gasteiger partial charge on any atom is 0.294 e. The number of nitro groups is 1. The van der Waals surface area contributed by atoms with Crippen molar-refractivity contribution in [2.24, 2.45) is 11.1 Å². The number of nitro benzene ring substituents is 1. The molecule has 1 aliphatic carbocycles. The van der Waals surface area contributed by atoms with E-state index in [4.69, 9.17) is 17.3 Å². The normalized spacial score (nSPS) is 18.0. The molecule has 1 atom stereocenters. The van der Waals surface area contributed by atoms with E-state index in [2.05, 4.69) is 44.2 Å². The topological polar surface area (TPSA) is 113 Å². The number of Topliss-reactive ketones (excluding diaryl/α,β-unsaturated/α-hetero) is 1.